The Hall–Kier alpha value is -12.0. The summed E-state index contributed by atoms with van der Waals surface area (Å²) in [6.07, 6.45) is 20.4. The number of likely N-dealkylation sites (tertiary alicyclic amines) is 4. The van der Waals surface area contributed by atoms with Gasteiger partial charge in [-0.3, -0.25) is 38.1 Å². The van der Waals surface area contributed by atoms with Crippen LogP contribution in [0.4, 0.5) is 46.0 Å². The molecule has 37 nitrogen and oxygen atoms in total. The molecule has 0 spiro atoms. The Bertz CT molecular complexity index is 7420. The number of rotatable bonds is 20. The Balaban J connectivity index is 0.000000131. The van der Waals surface area contributed by atoms with Crippen LogP contribution < -0.4 is 44.2 Å². The van der Waals surface area contributed by atoms with E-state index in [1.54, 1.807) is 62.8 Å². The van der Waals surface area contributed by atoms with Gasteiger partial charge in [-0.1, -0.05) is 60.3 Å². The Morgan fingerprint density at radius 3 is 1.15 bits per heavy atom. The molecular formula is C100H127Cl2N25O12S4. The van der Waals surface area contributed by atoms with E-state index in [0.717, 1.165) is 268 Å². The lowest BCUT2D eigenvalue weighted by Gasteiger charge is -2.41. The second kappa shape index (κ2) is 41.6. The minimum atomic E-state index is -3.59. The fourth-order valence-corrected chi connectivity index (χ4v) is 23.3. The maximum absolute atomic E-state index is 13.9. The Kier molecular flexibility index (Phi) is 29.8. The normalized spacial score (nSPS) is 19.0. The quantitative estimate of drug-likeness (QED) is 0.0473. The maximum Gasteiger partial charge on any atom is 0.256 e. The monoisotopic (exact) mass is 2070 g/mol. The van der Waals surface area contributed by atoms with Crippen molar-refractivity contribution in [2.45, 2.75) is 196 Å². The number of piperidine rings is 5. The molecule has 43 heteroatoms. The number of amides is 4. The van der Waals surface area contributed by atoms with Crippen molar-refractivity contribution in [2.75, 3.05) is 142 Å². The van der Waals surface area contributed by atoms with Crippen molar-refractivity contribution in [2.24, 2.45) is 17.6 Å². The molecule has 8 aliphatic heterocycles. The number of sulfonamides is 4. The predicted octanol–water partition coefficient (Wildman–Crippen LogP) is 14.7. The van der Waals surface area contributed by atoms with Crippen molar-refractivity contribution >= 4 is 156 Å². The van der Waals surface area contributed by atoms with Crippen molar-refractivity contribution in [1.82, 2.24) is 78.0 Å². The van der Waals surface area contributed by atoms with Crippen molar-refractivity contribution in [3.8, 4) is 0 Å². The fraction of sp³-hybridized carbons (Fsp3) is 0.480. The van der Waals surface area contributed by atoms with E-state index >= 15 is 0 Å². The van der Waals surface area contributed by atoms with Gasteiger partial charge in [-0.15, -0.1) is 0 Å². The SMILES string of the molecule is CC1CN(c2cc(N3CC(N)C3)n3nc([C@@H]4CCCCN4C(=O)c4cc(Cl)ccc4NS(C)(=O)=O)cc3n2)C1.Cc1ccc(NS(C)(=O)=O)c(C(=O)N2CCCC[C@H]2c2cc3nc(C)c(C)c(C)n3n2)c1.Cc1ccc(NS(C)(=O)=O)c(C(=O)N2CCCC[C@H]2c2cc3nc(C)c(C)c(N4CCCCC4)n3n2)c1.Cc1cn2nc([C@@H]3CCCCN3C(=O)c3cc(Cl)ccc3NS(C)(=O)=O)cc2nc1N1CC(C)C1. The highest BCUT2D eigenvalue weighted by molar-refractivity contribution is 7.92. The zero-order valence-corrected chi connectivity index (χ0v) is 88.1. The molecule has 0 radical (unpaired) electrons. The first-order valence-corrected chi connectivity index (χ1v) is 57.3. The maximum atomic E-state index is 13.9. The van der Waals surface area contributed by atoms with Crippen LogP contribution in [0.1, 0.15) is 243 Å². The van der Waals surface area contributed by atoms with Crippen LogP contribution in [0.3, 0.4) is 0 Å². The number of nitrogens with one attached hydrogen (secondary N) is 4. The third-order valence-corrected chi connectivity index (χ3v) is 30.8. The van der Waals surface area contributed by atoms with Gasteiger partial charge in [0.1, 0.15) is 23.3 Å². The van der Waals surface area contributed by atoms with E-state index in [1.807, 2.05) is 102 Å². The molecule has 16 heterocycles. The molecule has 4 atom stereocenters. The van der Waals surface area contributed by atoms with Gasteiger partial charge in [0.15, 0.2) is 22.6 Å². The van der Waals surface area contributed by atoms with E-state index in [4.69, 9.17) is 64.3 Å². The van der Waals surface area contributed by atoms with Crippen LogP contribution in [0.25, 0.3) is 22.6 Å². The molecule has 762 valence electrons. The number of hydrogen-bond donors (Lipinski definition) is 5. The van der Waals surface area contributed by atoms with Crippen molar-refractivity contribution < 1.29 is 52.8 Å². The summed E-state index contributed by atoms with van der Waals surface area (Å²) in [4.78, 5) is 90.9. The number of benzene rings is 4. The Labute approximate surface area is 845 Å². The van der Waals surface area contributed by atoms with Crippen LogP contribution in [-0.4, -0.2) is 245 Å². The summed E-state index contributed by atoms with van der Waals surface area (Å²) in [7, 11) is -14.2. The molecular weight excluding hydrogens is 1940 g/mol. The second-order valence-electron chi connectivity index (χ2n) is 39.9. The molecule has 8 aromatic heterocycles. The zero-order chi connectivity index (χ0) is 102. The number of nitrogens with two attached hydrogens (primary N) is 1. The lowest BCUT2D eigenvalue weighted by molar-refractivity contribution is 0.0599. The van der Waals surface area contributed by atoms with E-state index in [-0.39, 0.29) is 76.3 Å². The van der Waals surface area contributed by atoms with Crippen molar-refractivity contribution in [1.29, 1.82) is 0 Å². The van der Waals surface area contributed by atoms with E-state index in [0.29, 0.717) is 70.6 Å². The molecule has 6 N–H and O–H groups in total. The molecule has 12 aromatic rings. The smallest absolute Gasteiger partial charge is 0.256 e. The van der Waals surface area contributed by atoms with Gasteiger partial charge < -0.3 is 44.9 Å². The van der Waals surface area contributed by atoms with Gasteiger partial charge in [-0.2, -0.15) is 29.4 Å². The van der Waals surface area contributed by atoms with E-state index in [1.165, 1.54) is 43.5 Å². The molecule has 0 unspecified atom stereocenters. The summed E-state index contributed by atoms with van der Waals surface area (Å²) < 4.78 is 113. The molecule has 0 aliphatic carbocycles. The van der Waals surface area contributed by atoms with Crippen LogP contribution in [0.2, 0.25) is 10.0 Å². The minimum absolute atomic E-state index is 0.134. The summed E-state index contributed by atoms with van der Waals surface area (Å²) in [6.45, 7) is 30.2. The molecule has 8 saturated heterocycles. The number of hydrogen-bond acceptors (Lipinski definition) is 25. The molecule has 4 aromatic carbocycles. The van der Waals surface area contributed by atoms with Gasteiger partial charge in [0.05, 0.1) is 117 Å². The van der Waals surface area contributed by atoms with Crippen LogP contribution in [0, 0.1) is 67.2 Å². The highest BCUT2D eigenvalue weighted by Gasteiger charge is 2.41. The average molecular weight is 2070 g/mol. The first kappa shape index (κ1) is 102. The predicted molar refractivity (Wildman–Crippen MR) is 559 cm³/mol. The van der Waals surface area contributed by atoms with Gasteiger partial charge in [0.2, 0.25) is 40.1 Å². The van der Waals surface area contributed by atoms with Crippen LogP contribution in [-0.2, 0) is 40.1 Å². The lowest BCUT2D eigenvalue weighted by atomic mass is 9.97. The molecule has 0 saturated carbocycles. The number of halogens is 2. The van der Waals surface area contributed by atoms with E-state index in [2.05, 4.69) is 70.3 Å². The van der Waals surface area contributed by atoms with E-state index in [9.17, 15) is 52.8 Å². The largest absolute Gasteiger partial charge is 0.356 e. The average Bonchev–Trinajstić information content (AvgIpc) is 1.62. The number of fused-ring (bicyclic) bond motifs is 4. The Morgan fingerprint density at radius 1 is 0.371 bits per heavy atom. The second-order valence-corrected chi connectivity index (χ2v) is 47.8. The van der Waals surface area contributed by atoms with Crippen LogP contribution in [0.15, 0.2) is 109 Å². The first-order valence-electron chi connectivity index (χ1n) is 49.0. The summed E-state index contributed by atoms with van der Waals surface area (Å²) in [5, 5.41) is 20.3. The molecule has 143 heavy (non-hydrogen) atoms. The topological polar surface area (TPSA) is 426 Å². The standard InChI is InChI=1S/C27H36N6O3S.C26H33ClN8O3S.C24H29ClN6O3S.C23H29N5O3S/c1-18-11-12-22(30-37(4,35)36)21(16-18)27(34)32-15-9-6-10-24(32)23-17-25-28-20(3)19(2)26(33(25)29-23)31-13-7-5-8-14-31;1-16-12-32(13-16)23-11-25(33-14-18(28)15-33)35-24(29-23)10-21(30-35)22-5-3-4-8-34(22)26(36)19-9-17(27)6-7-20(19)31-39(2,37)38;1-15-12-29(13-15)23-16(2)14-31-22(26-23)11-20(27-31)21-6-4-5-9-30(21)24(32)18-10-17(25)7-8-19(18)28-35(3,33)34;1-14-9-10-19(26-32(5,30)31)18(12-14)23(29)27-11-7-6-8-21(27)20-13-22-24-16(3)15(2)17(4)28(22)25-20/h11-12,16-17,24,30H,5-10,13-15H2,1-4H3;6-7,9-11,16,18,22,31H,3-5,8,12-15,28H2,1-2H3;7-8,10-11,14-15,21,28H,4-6,9,12-13H2,1-3H3;9-10,12-13,21,26H,6-8,11H2,1-5H3/t24-;22-;2*21-/m0000/s1. The summed E-state index contributed by atoms with van der Waals surface area (Å²) in [5.74, 6) is 4.31. The number of anilines is 8. The van der Waals surface area contributed by atoms with Crippen LogP contribution >= 0.6 is 23.2 Å². The third kappa shape index (κ3) is 23.0. The molecule has 8 fully saturated rings. The van der Waals surface area contributed by atoms with E-state index < -0.39 is 40.1 Å². The van der Waals surface area contributed by atoms with Gasteiger partial charge in [-0.25, -0.2) is 62.6 Å². The van der Waals surface area contributed by atoms with Gasteiger partial charge in [0.25, 0.3) is 23.6 Å². The number of aryl methyl sites for hydroxylation is 6. The van der Waals surface area contributed by atoms with Crippen LogP contribution in [0.5, 0.6) is 0 Å². The molecule has 8 aliphatic rings. The number of nitrogens with zero attached hydrogens (tertiary/aromatic N) is 20. The first-order chi connectivity index (χ1) is 67.8. The summed E-state index contributed by atoms with van der Waals surface area (Å²) in [6, 6.07) is 28.8. The van der Waals surface area contributed by atoms with Gasteiger partial charge in [-0.05, 0) is 230 Å². The van der Waals surface area contributed by atoms with Gasteiger partial charge >= 0.3 is 0 Å². The molecule has 4 amide bonds. The van der Waals surface area contributed by atoms with Gasteiger partial charge in [0, 0.05) is 159 Å². The van der Waals surface area contributed by atoms with Crippen molar-refractivity contribution in [3.63, 3.8) is 0 Å². The van der Waals surface area contributed by atoms with Crippen molar-refractivity contribution in [3.05, 3.63) is 209 Å². The minimum Gasteiger partial charge on any atom is -0.356 e. The molecule has 20 rings (SSSR count). The highest BCUT2D eigenvalue weighted by Crippen LogP contribution is 2.43. The number of carbonyl (C=O) groups is 4. The number of aromatic nitrogens is 12. The summed E-state index contributed by atoms with van der Waals surface area (Å²) >= 11 is 12.4. The lowest BCUT2D eigenvalue weighted by Crippen LogP contribution is -2.56. The summed E-state index contributed by atoms with van der Waals surface area (Å²) in [5.41, 5.74) is 22.6. The third-order valence-electron chi connectivity index (χ3n) is 28.0. The zero-order valence-electron chi connectivity index (χ0n) is 83.3. The molecule has 0 bridgehead atoms. The highest BCUT2D eigenvalue weighted by atomic mass is 35.5. The Morgan fingerprint density at radius 2 is 0.734 bits per heavy atom. The number of carbonyl (C=O) groups excluding carboxylic acids is 4. The fourth-order valence-electron chi connectivity index (χ4n) is 20.6.